The van der Waals surface area contributed by atoms with Crippen molar-refractivity contribution in [2.45, 2.75) is 39.0 Å². The van der Waals surface area contributed by atoms with Gasteiger partial charge in [0.25, 0.3) is 0 Å². The Morgan fingerprint density at radius 1 is 1.27 bits per heavy atom. The summed E-state index contributed by atoms with van der Waals surface area (Å²) in [5.41, 5.74) is 3.43. The molecule has 2 rings (SSSR count). The van der Waals surface area contributed by atoms with E-state index in [1.54, 1.807) is 6.07 Å². The van der Waals surface area contributed by atoms with E-state index in [0.717, 1.165) is 12.0 Å². The van der Waals surface area contributed by atoms with E-state index in [9.17, 15) is 4.39 Å². The summed E-state index contributed by atoms with van der Waals surface area (Å²) < 4.78 is 13.5. The van der Waals surface area contributed by atoms with Crippen molar-refractivity contribution in [2.24, 2.45) is 0 Å². The van der Waals surface area contributed by atoms with Crippen molar-refractivity contribution in [1.29, 1.82) is 0 Å². The molecule has 80 valence electrons. The smallest absolute Gasteiger partial charge is 0.126 e. The van der Waals surface area contributed by atoms with Crippen LogP contribution in [0.1, 0.15) is 50.2 Å². The number of halogens is 1. The summed E-state index contributed by atoms with van der Waals surface area (Å²) in [4.78, 5) is 0. The fourth-order valence-corrected chi connectivity index (χ4v) is 2.12. The van der Waals surface area contributed by atoms with E-state index in [1.807, 2.05) is 26.0 Å². The number of allylic oxidation sites excluding steroid dienone is 2. The van der Waals surface area contributed by atoms with Gasteiger partial charge in [-0.1, -0.05) is 26.0 Å². The summed E-state index contributed by atoms with van der Waals surface area (Å²) in [6.07, 6.45) is 5.83. The van der Waals surface area contributed by atoms with Crippen LogP contribution in [-0.4, -0.2) is 0 Å². The van der Waals surface area contributed by atoms with E-state index in [2.05, 4.69) is 6.08 Å². The monoisotopic (exact) mass is 204 g/mol. The first-order chi connectivity index (χ1) is 7.18. The summed E-state index contributed by atoms with van der Waals surface area (Å²) in [5, 5.41) is 0. The fourth-order valence-electron chi connectivity index (χ4n) is 2.12. The molecule has 0 unspecified atom stereocenters. The minimum atomic E-state index is -0.0765. The maximum atomic E-state index is 13.5. The highest BCUT2D eigenvalue weighted by molar-refractivity contribution is 5.67. The van der Waals surface area contributed by atoms with Crippen LogP contribution in [0.25, 0.3) is 5.57 Å². The standard InChI is InChI=1S/C14H17F/c1-10(2)13-9-12(7-8-14(13)15)11-5-3-4-6-11/h5,7-10H,3-4,6H2,1-2H3. The molecule has 1 heteroatoms. The second-order valence-electron chi connectivity index (χ2n) is 4.51. The second-order valence-corrected chi connectivity index (χ2v) is 4.51. The molecule has 0 saturated heterocycles. The average molecular weight is 204 g/mol. The molecule has 0 radical (unpaired) electrons. The van der Waals surface area contributed by atoms with Gasteiger partial charge in [-0.3, -0.25) is 0 Å². The van der Waals surface area contributed by atoms with Gasteiger partial charge in [0.15, 0.2) is 0 Å². The van der Waals surface area contributed by atoms with Gasteiger partial charge in [-0.15, -0.1) is 0 Å². The first-order valence-electron chi connectivity index (χ1n) is 5.67. The van der Waals surface area contributed by atoms with Gasteiger partial charge in [0.1, 0.15) is 5.82 Å². The molecule has 0 amide bonds. The Balaban J connectivity index is 2.38. The van der Waals surface area contributed by atoms with E-state index in [-0.39, 0.29) is 11.7 Å². The van der Waals surface area contributed by atoms with Crippen LogP contribution in [0, 0.1) is 5.82 Å². The Labute approximate surface area is 90.8 Å². The molecular formula is C14H17F. The molecule has 15 heavy (non-hydrogen) atoms. The van der Waals surface area contributed by atoms with Gasteiger partial charge in [-0.2, -0.15) is 0 Å². The van der Waals surface area contributed by atoms with Gasteiger partial charge >= 0.3 is 0 Å². The third-order valence-electron chi connectivity index (χ3n) is 3.03. The lowest BCUT2D eigenvalue weighted by molar-refractivity contribution is 0.598. The number of rotatable bonds is 2. The van der Waals surface area contributed by atoms with Crippen molar-refractivity contribution < 1.29 is 4.39 Å². The van der Waals surface area contributed by atoms with Crippen LogP contribution in [0.2, 0.25) is 0 Å². The Kier molecular flexibility index (Phi) is 2.90. The molecule has 0 aliphatic heterocycles. The molecule has 1 aromatic carbocycles. The van der Waals surface area contributed by atoms with Gasteiger partial charge in [-0.05, 0) is 54.0 Å². The van der Waals surface area contributed by atoms with E-state index in [4.69, 9.17) is 0 Å². The topological polar surface area (TPSA) is 0 Å². The molecule has 0 fully saturated rings. The Morgan fingerprint density at radius 3 is 2.67 bits per heavy atom. The Morgan fingerprint density at radius 2 is 2.07 bits per heavy atom. The van der Waals surface area contributed by atoms with Gasteiger partial charge in [0.05, 0.1) is 0 Å². The minimum absolute atomic E-state index is 0.0765. The molecule has 0 bridgehead atoms. The second kappa shape index (κ2) is 4.18. The van der Waals surface area contributed by atoms with E-state index < -0.39 is 0 Å². The first kappa shape index (κ1) is 10.4. The zero-order valence-electron chi connectivity index (χ0n) is 9.39. The molecule has 1 aliphatic rings. The molecule has 0 atom stereocenters. The van der Waals surface area contributed by atoms with Crippen molar-refractivity contribution in [2.75, 3.05) is 0 Å². The summed E-state index contributed by atoms with van der Waals surface area (Å²) in [6.45, 7) is 4.07. The first-order valence-corrected chi connectivity index (χ1v) is 5.67. The zero-order valence-corrected chi connectivity index (χ0v) is 9.39. The molecule has 1 aromatic rings. The summed E-state index contributed by atoms with van der Waals surface area (Å²) in [6, 6.07) is 5.51. The van der Waals surface area contributed by atoms with Crippen molar-refractivity contribution in [3.8, 4) is 0 Å². The molecule has 0 heterocycles. The van der Waals surface area contributed by atoms with Crippen LogP contribution in [0.3, 0.4) is 0 Å². The quantitative estimate of drug-likeness (QED) is 0.664. The fraction of sp³-hybridized carbons (Fsp3) is 0.429. The van der Waals surface area contributed by atoms with Crippen LogP contribution in [0.15, 0.2) is 24.3 Å². The van der Waals surface area contributed by atoms with Crippen LogP contribution < -0.4 is 0 Å². The predicted molar refractivity (Wildman–Crippen MR) is 62.3 cm³/mol. The van der Waals surface area contributed by atoms with Gasteiger partial charge in [-0.25, -0.2) is 4.39 Å². The summed E-state index contributed by atoms with van der Waals surface area (Å²) >= 11 is 0. The highest BCUT2D eigenvalue weighted by Gasteiger charge is 2.11. The van der Waals surface area contributed by atoms with E-state index >= 15 is 0 Å². The molecule has 0 nitrogen and oxygen atoms in total. The van der Waals surface area contributed by atoms with Crippen molar-refractivity contribution in [3.63, 3.8) is 0 Å². The number of hydrogen-bond acceptors (Lipinski definition) is 0. The van der Waals surface area contributed by atoms with E-state index in [1.165, 1.54) is 24.0 Å². The lowest BCUT2D eigenvalue weighted by Crippen LogP contribution is -1.94. The molecule has 1 aliphatic carbocycles. The molecule has 0 saturated carbocycles. The molecule has 0 spiro atoms. The summed E-state index contributed by atoms with van der Waals surface area (Å²) in [5.74, 6) is 0.180. The van der Waals surface area contributed by atoms with Crippen LogP contribution in [0.4, 0.5) is 4.39 Å². The largest absolute Gasteiger partial charge is 0.207 e. The normalized spacial score (nSPS) is 15.9. The maximum Gasteiger partial charge on any atom is 0.126 e. The lowest BCUT2D eigenvalue weighted by Gasteiger charge is -2.10. The minimum Gasteiger partial charge on any atom is -0.207 e. The van der Waals surface area contributed by atoms with Crippen molar-refractivity contribution >= 4 is 5.57 Å². The zero-order chi connectivity index (χ0) is 10.8. The number of benzene rings is 1. The van der Waals surface area contributed by atoms with Gasteiger partial charge in [0.2, 0.25) is 0 Å². The Hall–Kier alpha value is -1.11. The highest BCUT2D eigenvalue weighted by atomic mass is 19.1. The summed E-state index contributed by atoms with van der Waals surface area (Å²) in [7, 11) is 0. The number of hydrogen-bond donors (Lipinski definition) is 0. The molecule has 0 aromatic heterocycles. The van der Waals surface area contributed by atoms with Gasteiger partial charge < -0.3 is 0 Å². The maximum absolute atomic E-state index is 13.5. The van der Waals surface area contributed by atoms with Crippen molar-refractivity contribution in [3.05, 3.63) is 41.2 Å². The predicted octanol–water partition coefficient (Wildman–Crippen LogP) is 4.52. The van der Waals surface area contributed by atoms with Gasteiger partial charge in [0, 0.05) is 0 Å². The third kappa shape index (κ3) is 2.11. The third-order valence-corrected chi connectivity index (χ3v) is 3.03. The molecular weight excluding hydrogens is 187 g/mol. The lowest BCUT2D eigenvalue weighted by atomic mass is 9.96. The van der Waals surface area contributed by atoms with Crippen molar-refractivity contribution in [1.82, 2.24) is 0 Å². The average Bonchev–Trinajstić information content (AvgIpc) is 2.71. The van der Waals surface area contributed by atoms with Crippen LogP contribution in [0.5, 0.6) is 0 Å². The Bertz CT molecular complexity index is 388. The SMILES string of the molecule is CC(C)c1cc(C2=CCCC2)ccc1F. The van der Waals surface area contributed by atoms with Crippen LogP contribution >= 0.6 is 0 Å². The van der Waals surface area contributed by atoms with Crippen LogP contribution in [-0.2, 0) is 0 Å². The van der Waals surface area contributed by atoms with E-state index in [0.29, 0.717) is 0 Å². The highest BCUT2D eigenvalue weighted by Crippen LogP contribution is 2.30. The molecule has 0 N–H and O–H groups in total.